The van der Waals surface area contributed by atoms with E-state index in [0.717, 1.165) is 11.8 Å². The summed E-state index contributed by atoms with van der Waals surface area (Å²) in [4.78, 5) is 0. The van der Waals surface area contributed by atoms with Gasteiger partial charge in [0.05, 0.1) is 0 Å². The molecule has 0 heterocycles. The van der Waals surface area contributed by atoms with Crippen LogP contribution in [0.1, 0.15) is 50.5 Å². The van der Waals surface area contributed by atoms with Crippen molar-refractivity contribution in [2.24, 2.45) is 5.92 Å². The number of hydrogen-bond donors (Lipinski definition) is 0. The highest BCUT2D eigenvalue weighted by atomic mass is 14.2. The Kier molecular flexibility index (Phi) is 3.23. The summed E-state index contributed by atoms with van der Waals surface area (Å²) in [6, 6.07) is 11.0. The van der Waals surface area contributed by atoms with Crippen molar-refractivity contribution in [2.75, 3.05) is 0 Å². The van der Waals surface area contributed by atoms with E-state index in [4.69, 9.17) is 0 Å². The molecule has 0 aliphatic heterocycles. The Balaban J connectivity index is 2.04. The van der Waals surface area contributed by atoms with Gasteiger partial charge in [0.1, 0.15) is 0 Å². The van der Waals surface area contributed by atoms with Gasteiger partial charge in [-0.15, -0.1) is 0 Å². The van der Waals surface area contributed by atoms with Gasteiger partial charge in [-0.25, -0.2) is 0 Å². The lowest BCUT2D eigenvalue weighted by molar-refractivity contribution is 0.499. The zero-order chi connectivity index (χ0) is 9.80. The third-order valence-electron chi connectivity index (χ3n) is 3.53. The van der Waals surface area contributed by atoms with E-state index in [9.17, 15) is 0 Å². The molecule has 1 aliphatic carbocycles. The van der Waals surface area contributed by atoms with Gasteiger partial charge in [-0.1, -0.05) is 56.5 Å². The molecule has 0 bridgehead atoms. The minimum absolute atomic E-state index is 0.834. The lowest BCUT2D eigenvalue weighted by atomic mass is 9.91. The predicted molar refractivity (Wildman–Crippen MR) is 61.4 cm³/mol. The maximum Gasteiger partial charge on any atom is -0.0162 e. The third-order valence-corrected chi connectivity index (χ3v) is 3.53. The Morgan fingerprint density at radius 1 is 0.929 bits per heavy atom. The summed E-state index contributed by atoms with van der Waals surface area (Å²) in [5.74, 6) is 1.78. The Morgan fingerprint density at radius 3 is 2.50 bits per heavy atom. The molecule has 0 nitrogen and oxygen atoms in total. The van der Waals surface area contributed by atoms with Gasteiger partial charge in [-0.3, -0.25) is 0 Å². The highest BCUT2D eigenvalue weighted by molar-refractivity contribution is 5.19. The van der Waals surface area contributed by atoms with Crippen LogP contribution in [0.25, 0.3) is 0 Å². The summed E-state index contributed by atoms with van der Waals surface area (Å²) >= 11 is 0. The van der Waals surface area contributed by atoms with Crippen LogP contribution >= 0.6 is 0 Å². The van der Waals surface area contributed by atoms with E-state index in [1.807, 2.05) is 0 Å². The molecule has 1 saturated carbocycles. The lowest BCUT2D eigenvalue weighted by Gasteiger charge is -2.14. The van der Waals surface area contributed by atoms with Crippen molar-refractivity contribution in [3.8, 4) is 0 Å². The molecule has 0 heteroatoms. The first-order valence-electron chi connectivity index (χ1n) is 5.91. The highest BCUT2D eigenvalue weighted by Crippen LogP contribution is 2.33. The average molecular weight is 188 g/mol. The van der Waals surface area contributed by atoms with E-state index in [0.29, 0.717) is 0 Å². The quantitative estimate of drug-likeness (QED) is 0.574. The zero-order valence-electron chi connectivity index (χ0n) is 9.08. The summed E-state index contributed by atoms with van der Waals surface area (Å²) < 4.78 is 0. The summed E-state index contributed by atoms with van der Waals surface area (Å²) in [7, 11) is 0. The van der Waals surface area contributed by atoms with E-state index in [1.54, 1.807) is 5.56 Å². The van der Waals surface area contributed by atoms with Crippen molar-refractivity contribution in [1.82, 2.24) is 0 Å². The van der Waals surface area contributed by atoms with Gasteiger partial charge >= 0.3 is 0 Å². The molecule has 0 amide bonds. The van der Waals surface area contributed by atoms with Crippen molar-refractivity contribution in [3.05, 3.63) is 35.9 Å². The van der Waals surface area contributed by atoms with Crippen LogP contribution in [-0.4, -0.2) is 0 Å². The largest absolute Gasteiger partial charge is 0.0625 e. The first-order valence-corrected chi connectivity index (χ1v) is 5.91. The SMILES string of the molecule is C[C@@H]1CCC[C@@H](c2ccccc2)CC1. The first-order chi connectivity index (χ1) is 6.86. The molecule has 0 aromatic heterocycles. The lowest BCUT2D eigenvalue weighted by Crippen LogP contribution is -1.97. The van der Waals surface area contributed by atoms with Crippen molar-refractivity contribution < 1.29 is 0 Å². The van der Waals surface area contributed by atoms with E-state index < -0.39 is 0 Å². The molecular formula is C14H20. The van der Waals surface area contributed by atoms with Crippen LogP contribution in [0.2, 0.25) is 0 Å². The molecule has 76 valence electrons. The van der Waals surface area contributed by atoms with E-state index in [1.165, 1.54) is 32.1 Å². The summed E-state index contributed by atoms with van der Waals surface area (Å²) in [5.41, 5.74) is 1.56. The number of rotatable bonds is 1. The Morgan fingerprint density at radius 2 is 1.71 bits per heavy atom. The first kappa shape index (κ1) is 9.76. The molecule has 1 aromatic carbocycles. The van der Waals surface area contributed by atoms with Gasteiger partial charge < -0.3 is 0 Å². The second-order valence-corrected chi connectivity index (χ2v) is 4.72. The Bertz CT molecular complexity index is 263. The maximum atomic E-state index is 2.40. The fourth-order valence-electron chi connectivity index (χ4n) is 2.55. The van der Waals surface area contributed by atoms with E-state index in [2.05, 4.69) is 37.3 Å². The van der Waals surface area contributed by atoms with E-state index in [-0.39, 0.29) is 0 Å². The Labute approximate surface area is 87.3 Å². The minimum Gasteiger partial charge on any atom is -0.0625 e. The van der Waals surface area contributed by atoms with Crippen LogP contribution in [0.5, 0.6) is 0 Å². The monoisotopic (exact) mass is 188 g/mol. The van der Waals surface area contributed by atoms with Crippen LogP contribution in [0.3, 0.4) is 0 Å². The smallest absolute Gasteiger partial charge is 0.0162 e. The molecule has 1 fully saturated rings. The van der Waals surface area contributed by atoms with Gasteiger partial charge in [0.2, 0.25) is 0 Å². The molecule has 1 aromatic rings. The van der Waals surface area contributed by atoms with Gasteiger partial charge in [-0.05, 0) is 30.2 Å². The van der Waals surface area contributed by atoms with Gasteiger partial charge in [-0.2, -0.15) is 0 Å². The fraction of sp³-hybridized carbons (Fsp3) is 0.571. The molecule has 0 spiro atoms. The van der Waals surface area contributed by atoms with Gasteiger partial charge in [0.25, 0.3) is 0 Å². The highest BCUT2D eigenvalue weighted by Gasteiger charge is 2.16. The standard InChI is InChI=1S/C14H20/c1-12-6-5-9-14(11-10-12)13-7-3-2-4-8-13/h2-4,7-8,12,14H,5-6,9-11H2,1H3/t12-,14-/m1/s1. The van der Waals surface area contributed by atoms with Gasteiger partial charge in [0.15, 0.2) is 0 Å². The second kappa shape index (κ2) is 4.63. The maximum absolute atomic E-state index is 2.40. The van der Waals surface area contributed by atoms with Crippen LogP contribution in [0.15, 0.2) is 30.3 Å². The molecule has 2 atom stereocenters. The van der Waals surface area contributed by atoms with Crippen molar-refractivity contribution in [3.63, 3.8) is 0 Å². The molecule has 1 aliphatic rings. The molecule has 0 saturated heterocycles. The third kappa shape index (κ3) is 2.37. The van der Waals surface area contributed by atoms with Crippen LogP contribution in [-0.2, 0) is 0 Å². The predicted octanol–water partition coefficient (Wildman–Crippen LogP) is 4.37. The average Bonchev–Trinajstić information content (AvgIpc) is 2.44. The molecule has 2 rings (SSSR count). The van der Waals surface area contributed by atoms with Crippen molar-refractivity contribution in [2.45, 2.75) is 44.9 Å². The molecule has 0 N–H and O–H groups in total. The molecule has 0 unspecified atom stereocenters. The second-order valence-electron chi connectivity index (χ2n) is 4.72. The topological polar surface area (TPSA) is 0 Å². The number of hydrogen-bond acceptors (Lipinski definition) is 0. The minimum atomic E-state index is 0.834. The molecule has 14 heavy (non-hydrogen) atoms. The van der Waals surface area contributed by atoms with Crippen molar-refractivity contribution in [1.29, 1.82) is 0 Å². The van der Waals surface area contributed by atoms with Crippen molar-refractivity contribution >= 4 is 0 Å². The number of benzene rings is 1. The zero-order valence-corrected chi connectivity index (χ0v) is 9.08. The molecule has 0 radical (unpaired) electrons. The summed E-state index contributed by atoms with van der Waals surface area (Å²) in [6.45, 7) is 2.40. The van der Waals surface area contributed by atoms with E-state index >= 15 is 0 Å². The van der Waals surface area contributed by atoms with Crippen LogP contribution in [0, 0.1) is 5.92 Å². The van der Waals surface area contributed by atoms with Crippen LogP contribution < -0.4 is 0 Å². The van der Waals surface area contributed by atoms with Crippen LogP contribution in [0.4, 0.5) is 0 Å². The molecular weight excluding hydrogens is 168 g/mol. The summed E-state index contributed by atoms with van der Waals surface area (Å²) in [6.07, 6.45) is 7.06. The van der Waals surface area contributed by atoms with Gasteiger partial charge in [0, 0.05) is 0 Å². The summed E-state index contributed by atoms with van der Waals surface area (Å²) in [5, 5.41) is 0. The Hall–Kier alpha value is -0.780. The normalized spacial score (nSPS) is 28.4. The fourth-order valence-corrected chi connectivity index (χ4v) is 2.55.